The summed E-state index contributed by atoms with van der Waals surface area (Å²) in [4.78, 5) is 10.8. The van der Waals surface area contributed by atoms with Gasteiger partial charge in [-0.2, -0.15) is 0 Å². The maximum Gasteiger partial charge on any atom is 0.131 e. The molecule has 1 fully saturated rings. The molecule has 2 atom stereocenters. The van der Waals surface area contributed by atoms with E-state index in [1.165, 1.54) is 12.8 Å². The number of hydrogen-bond acceptors (Lipinski definition) is 2. The lowest BCUT2D eigenvalue weighted by Crippen LogP contribution is -2.33. The molecule has 1 saturated heterocycles. The Morgan fingerprint density at radius 2 is 2.17 bits per heavy atom. The van der Waals surface area contributed by atoms with Gasteiger partial charge < -0.3 is 5.32 Å². The Balaban J connectivity index is 2.30. The van der Waals surface area contributed by atoms with Gasteiger partial charge in [0.05, 0.1) is 0 Å². The number of ketones is 1. The van der Waals surface area contributed by atoms with Crippen molar-refractivity contribution in [2.24, 2.45) is 5.92 Å². The van der Waals surface area contributed by atoms with Crippen molar-refractivity contribution in [1.29, 1.82) is 0 Å². The van der Waals surface area contributed by atoms with Gasteiger partial charge in [-0.1, -0.05) is 13.8 Å². The van der Waals surface area contributed by atoms with Crippen LogP contribution in [-0.2, 0) is 4.79 Å². The van der Waals surface area contributed by atoms with Crippen LogP contribution < -0.4 is 5.32 Å². The van der Waals surface area contributed by atoms with E-state index in [1.807, 2.05) is 0 Å². The Kier molecular flexibility index (Phi) is 3.27. The maximum atomic E-state index is 10.8. The third-order valence-corrected chi connectivity index (χ3v) is 2.61. The van der Waals surface area contributed by atoms with Crippen molar-refractivity contribution in [3.63, 3.8) is 0 Å². The van der Waals surface area contributed by atoms with Gasteiger partial charge in [0.25, 0.3) is 0 Å². The highest BCUT2D eigenvalue weighted by atomic mass is 16.1. The van der Waals surface area contributed by atoms with Crippen LogP contribution in [0.2, 0.25) is 0 Å². The fourth-order valence-corrected chi connectivity index (χ4v) is 1.88. The average molecular weight is 169 g/mol. The quantitative estimate of drug-likeness (QED) is 0.697. The van der Waals surface area contributed by atoms with E-state index in [1.54, 1.807) is 6.92 Å². The molecule has 0 bridgehead atoms. The molecule has 0 radical (unpaired) electrons. The molecule has 1 aliphatic rings. The molecule has 1 rings (SSSR count). The van der Waals surface area contributed by atoms with E-state index >= 15 is 0 Å². The summed E-state index contributed by atoms with van der Waals surface area (Å²) in [6.07, 6.45) is 3.11. The lowest BCUT2D eigenvalue weighted by molar-refractivity contribution is -0.117. The normalized spacial score (nSPS) is 29.7. The Labute approximate surface area is 74.7 Å². The van der Waals surface area contributed by atoms with E-state index in [9.17, 15) is 4.79 Å². The number of carbonyl (C=O) groups is 1. The monoisotopic (exact) mass is 169 g/mol. The van der Waals surface area contributed by atoms with Crippen molar-refractivity contribution in [1.82, 2.24) is 5.32 Å². The highest BCUT2D eigenvalue weighted by Gasteiger charge is 2.25. The topological polar surface area (TPSA) is 29.1 Å². The van der Waals surface area contributed by atoms with Crippen molar-refractivity contribution in [2.75, 3.05) is 0 Å². The highest BCUT2D eigenvalue weighted by Crippen LogP contribution is 2.20. The second-order valence-electron chi connectivity index (χ2n) is 4.20. The first kappa shape index (κ1) is 9.72. The van der Waals surface area contributed by atoms with Crippen molar-refractivity contribution in [3.05, 3.63) is 0 Å². The minimum absolute atomic E-state index is 0.303. The van der Waals surface area contributed by atoms with Crippen LogP contribution in [0.3, 0.4) is 0 Å². The van der Waals surface area contributed by atoms with Crippen molar-refractivity contribution < 1.29 is 4.79 Å². The minimum Gasteiger partial charge on any atom is -0.311 e. The van der Waals surface area contributed by atoms with Gasteiger partial charge in [0.2, 0.25) is 0 Å². The van der Waals surface area contributed by atoms with Crippen LogP contribution in [0, 0.1) is 5.92 Å². The zero-order chi connectivity index (χ0) is 9.14. The standard InChI is InChI=1S/C10H19NO/c1-7(2)10-5-4-9(11-10)6-8(3)12/h7,9-11H,4-6H2,1-3H3/t9-,10+/m0/s1. The Bertz CT molecular complexity index is 165. The molecule has 0 aromatic rings. The first-order valence-corrected chi connectivity index (χ1v) is 4.85. The van der Waals surface area contributed by atoms with Gasteiger partial charge in [-0.25, -0.2) is 0 Å². The molecule has 12 heavy (non-hydrogen) atoms. The molecule has 0 amide bonds. The Morgan fingerprint density at radius 1 is 1.50 bits per heavy atom. The summed E-state index contributed by atoms with van der Waals surface area (Å²) >= 11 is 0. The van der Waals surface area contributed by atoms with Gasteiger partial charge in [0.15, 0.2) is 0 Å². The van der Waals surface area contributed by atoms with E-state index in [0.717, 1.165) is 0 Å². The fraction of sp³-hybridized carbons (Fsp3) is 0.900. The molecule has 0 spiro atoms. The number of rotatable bonds is 3. The lowest BCUT2D eigenvalue weighted by atomic mass is 10.0. The van der Waals surface area contributed by atoms with Crippen LogP contribution in [0.15, 0.2) is 0 Å². The SMILES string of the molecule is CC(=O)C[C@@H]1CC[C@H](C(C)C)N1. The molecule has 0 aliphatic carbocycles. The number of hydrogen-bond donors (Lipinski definition) is 1. The summed E-state index contributed by atoms with van der Waals surface area (Å²) in [6.45, 7) is 6.13. The molecule has 0 aromatic carbocycles. The van der Waals surface area contributed by atoms with Crippen LogP contribution in [0.25, 0.3) is 0 Å². The summed E-state index contributed by atoms with van der Waals surface area (Å²) in [5.41, 5.74) is 0. The fourth-order valence-electron chi connectivity index (χ4n) is 1.88. The molecule has 70 valence electrons. The average Bonchev–Trinajstić information content (AvgIpc) is 2.34. The molecule has 2 nitrogen and oxygen atoms in total. The van der Waals surface area contributed by atoms with Crippen LogP contribution in [-0.4, -0.2) is 17.9 Å². The highest BCUT2D eigenvalue weighted by molar-refractivity contribution is 5.76. The minimum atomic E-state index is 0.303. The first-order valence-electron chi connectivity index (χ1n) is 4.85. The Morgan fingerprint density at radius 3 is 2.58 bits per heavy atom. The zero-order valence-electron chi connectivity index (χ0n) is 8.26. The summed E-state index contributed by atoms with van der Waals surface area (Å²) in [5.74, 6) is 0.999. The molecule has 0 unspecified atom stereocenters. The predicted octanol–water partition coefficient (Wildman–Crippen LogP) is 1.74. The molecule has 1 aliphatic heterocycles. The molecule has 2 heteroatoms. The van der Waals surface area contributed by atoms with Gasteiger partial charge in [0.1, 0.15) is 5.78 Å². The van der Waals surface area contributed by atoms with Gasteiger partial charge in [-0.15, -0.1) is 0 Å². The summed E-state index contributed by atoms with van der Waals surface area (Å²) in [6, 6.07) is 1.09. The third-order valence-electron chi connectivity index (χ3n) is 2.61. The van der Waals surface area contributed by atoms with E-state index in [0.29, 0.717) is 30.2 Å². The van der Waals surface area contributed by atoms with E-state index in [4.69, 9.17) is 0 Å². The second-order valence-corrected chi connectivity index (χ2v) is 4.20. The van der Waals surface area contributed by atoms with E-state index in [2.05, 4.69) is 19.2 Å². The van der Waals surface area contributed by atoms with Crippen molar-refractivity contribution in [2.45, 2.75) is 52.1 Å². The summed E-state index contributed by atoms with van der Waals surface area (Å²) in [5, 5.41) is 3.50. The van der Waals surface area contributed by atoms with Gasteiger partial charge in [-0.05, 0) is 25.7 Å². The second kappa shape index (κ2) is 4.04. The third kappa shape index (κ3) is 2.59. The molecular weight excluding hydrogens is 150 g/mol. The molecule has 0 saturated carbocycles. The number of carbonyl (C=O) groups excluding carboxylic acids is 1. The molecule has 0 aromatic heterocycles. The Hall–Kier alpha value is -0.370. The predicted molar refractivity (Wildman–Crippen MR) is 50.1 cm³/mol. The smallest absolute Gasteiger partial charge is 0.131 e. The van der Waals surface area contributed by atoms with Crippen molar-refractivity contribution >= 4 is 5.78 Å². The molecular formula is C10H19NO. The number of nitrogens with one attached hydrogen (secondary N) is 1. The maximum absolute atomic E-state index is 10.8. The van der Waals surface area contributed by atoms with Gasteiger partial charge in [-0.3, -0.25) is 4.79 Å². The van der Waals surface area contributed by atoms with Crippen LogP contribution >= 0.6 is 0 Å². The van der Waals surface area contributed by atoms with E-state index in [-0.39, 0.29) is 0 Å². The molecule has 1 heterocycles. The first-order chi connectivity index (χ1) is 5.59. The van der Waals surface area contributed by atoms with Crippen LogP contribution in [0.4, 0.5) is 0 Å². The number of Topliss-reactive ketones (excluding diaryl/α,β-unsaturated/α-hetero) is 1. The lowest BCUT2D eigenvalue weighted by Gasteiger charge is -2.16. The van der Waals surface area contributed by atoms with Crippen LogP contribution in [0.5, 0.6) is 0 Å². The molecule has 1 N–H and O–H groups in total. The summed E-state index contributed by atoms with van der Waals surface area (Å²) in [7, 11) is 0. The summed E-state index contributed by atoms with van der Waals surface area (Å²) < 4.78 is 0. The zero-order valence-corrected chi connectivity index (χ0v) is 8.26. The van der Waals surface area contributed by atoms with E-state index < -0.39 is 0 Å². The van der Waals surface area contributed by atoms with Crippen LogP contribution in [0.1, 0.15) is 40.0 Å². The van der Waals surface area contributed by atoms with Crippen molar-refractivity contribution in [3.8, 4) is 0 Å². The van der Waals surface area contributed by atoms with Gasteiger partial charge in [0, 0.05) is 18.5 Å². The largest absolute Gasteiger partial charge is 0.311 e. The van der Waals surface area contributed by atoms with Gasteiger partial charge >= 0.3 is 0 Å².